The number of rotatable bonds is 8. The van der Waals surface area contributed by atoms with E-state index in [1.54, 1.807) is 12.1 Å². The van der Waals surface area contributed by atoms with E-state index in [4.69, 9.17) is 9.47 Å². The molecular formula is C27H19Br2F3N2O5S. The number of anilines is 1. The topological polar surface area (TPSA) is 84.9 Å². The predicted octanol–water partition coefficient (Wildman–Crippen LogP) is 7.49. The van der Waals surface area contributed by atoms with Crippen LogP contribution in [-0.4, -0.2) is 35.6 Å². The van der Waals surface area contributed by atoms with Crippen molar-refractivity contribution in [3.05, 3.63) is 91.2 Å². The Balaban J connectivity index is 1.46. The zero-order chi connectivity index (χ0) is 29.0. The van der Waals surface area contributed by atoms with E-state index in [2.05, 4.69) is 37.2 Å². The first-order valence-corrected chi connectivity index (χ1v) is 13.8. The number of halogens is 5. The van der Waals surface area contributed by atoms with Crippen molar-refractivity contribution in [2.45, 2.75) is 12.8 Å². The lowest BCUT2D eigenvalue weighted by molar-refractivity contribution is -0.137. The van der Waals surface area contributed by atoms with Gasteiger partial charge in [0.25, 0.3) is 11.1 Å². The van der Waals surface area contributed by atoms with Crippen LogP contribution in [0.15, 0.2) is 74.5 Å². The number of nitrogens with one attached hydrogen (secondary N) is 1. The summed E-state index contributed by atoms with van der Waals surface area (Å²) in [6, 6.07) is 15.6. The molecular weight excluding hydrogens is 681 g/mol. The number of imide groups is 1. The van der Waals surface area contributed by atoms with Gasteiger partial charge in [0, 0.05) is 0 Å². The SMILES string of the molecule is COc1ccc(C(F)(F)F)cc1NC(=O)CN1C(=O)S/C(=C\c2cc(Br)c(OCc3ccccc3)c(Br)c2)C1=O. The minimum absolute atomic E-state index is 0.0114. The quantitative estimate of drug-likeness (QED) is 0.245. The molecule has 1 saturated heterocycles. The number of hydrogen-bond acceptors (Lipinski definition) is 6. The maximum Gasteiger partial charge on any atom is 0.416 e. The van der Waals surface area contributed by atoms with Crippen LogP contribution in [0.1, 0.15) is 16.7 Å². The number of benzene rings is 3. The van der Waals surface area contributed by atoms with Crippen LogP contribution in [0, 0.1) is 0 Å². The van der Waals surface area contributed by atoms with E-state index in [-0.39, 0.29) is 16.3 Å². The lowest BCUT2D eigenvalue weighted by Crippen LogP contribution is -2.36. The molecule has 1 aliphatic heterocycles. The number of ether oxygens (including phenoxy) is 2. The number of methoxy groups -OCH3 is 1. The highest BCUT2D eigenvalue weighted by Gasteiger charge is 2.37. The molecule has 40 heavy (non-hydrogen) atoms. The summed E-state index contributed by atoms with van der Waals surface area (Å²) in [4.78, 5) is 38.8. The van der Waals surface area contributed by atoms with Gasteiger partial charge in [-0.3, -0.25) is 19.3 Å². The van der Waals surface area contributed by atoms with Gasteiger partial charge in [0.05, 0.1) is 32.2 Å². The fourth-order valence-electron chi connectivity index (χ4n) is 3.63. The first-order valence-electron chi connectivity index (χ1n) is 11.4. The van der Waals surface area contributed by atoms with Crippen LogP contribution in [0.3, 0.4) is 0 Å². The monoisotopic (exact) mass is 698 g/mol. The van der Waals surface area contributed by atoms with Crippen molar-refractivity contribution in [2.24, 2.45) is 0 Å². The molecule has 0 spiro atoms. The molecule has 1 fully saturated rings. The number of carbonyl (C=O) groups is 3. The zero-order valence-electron chi connectivity index (χ0n) is 20.6. The maximum atomic E-state index is 13.1. The molecule has 0 aromatic heterocycles. The van der Waals surface area contributed by atoms with Crippen LogP contribution in [-0.2, 0) is 22.4 Å². The smallest absolute Gasteiger partial charge is 0.416 e. The summed E-state index contributed by atoms with van der Waals surface area (Å²) in [6.45, 7) is -0.355. The summed E-state index contributed by atoms with van der Waals surface area (Å²) in [5.74, 6) is -1.04. The van der Waals surface area contributed by atoms with Crippen molar-refractivity contribution < 1.29 is 37.0 Å². The van der Waals surface area contributed by atoms with Gasteiger partial charge in [-0.05, 0) is 91.2 Å². The lowest BCUT2D eigenvalue weighted by Gasteiger charge is -2.16. The van der Waals surface area contributed by atoms with Crippen LogP contribution in [0.2, 0.25) is 0 Å². The molecule has 1 heterocycles. The molecule has 0 radical (unpaired) electrons. The molecule has 1 N–H and O–H groups in total. The molecule has 13 heteroatoms. The van der Waals surface area contributed by atoms with E-state index in [0.717, 1.165) is 17.7 Å². The lowest BCUT2D eigenvalue weighted by atomic mass is 10.1. The second-order valence-corrected chi connectivity index (χ2v) is 11.0. The second-order valence-electron chi connectivity index (χ2n) is 8.32. The van der Waals surface area contributed by atoms with Crippen molar-refractivity contribution in [3.8, 4) is 11.5 Å². The van der Waals surface area contributed by atoms with Gasteiger partial charge in [-0.25, -0.2) is 0 Å². The van der Waals surface area contributed by atoms with E-state index in [1.807, 2.05) is 30.3 Å². The molecule has 208 valence electrons. The predicted molar refractivity (Wildman–Crippen MR) is 152 cm³/mol. The fourth-order valence-corrected chi connectivity index (χ4v) is 5.92. The number of thioether (sulfide) groups is 1. The summed E-state index contributed by atoms with van der Waals surface area (Å²) in [5.41, 5.74) is 0.324. The minimum atomic E-state index is -4.64. The normalized spacial score (nSPS) is 14.6. The van der Waals surface area contributed by atoms with Crippen LogP contribution < -0.4 is 14.8 Å². The number of carbonyl (C=O) groups excluding carboxylic acids is 3. The molecule has 3 amide bonds. The molecule has 4 rings (SSSR count). The molecule has 7 nitrogen and oxygen atoms in total. The first-order chi connectivity index (χ1) is 19.0. The fraction of sp³-hybridized carbons (Fsp3) is 0.148. The molecule has 0 atom stereocenters. The Morgan fingerprint density at radius 3 is 2.35 bits per heavy atom. The van der Waals surface area contributed by atoms with Gasteiger partial charge in [0.1, 0.15) is 24.7 Å². The standard InChI is InChI=1S/C27H19Br2F3N2O5S/c1-38-21-8-7-17(27(30,31)32)12-20(21)33-23(35)13-34-25(36)22(40-26(34)37)11-16-9-18(28)24(19(29)10-16)39-14-15-5-3-2-4-6-15/h2-12H,13-14H2,1H3,(H,33,35)/b22-11-. The van der Waals surface area contributed by atoms with Crippen LogP contribution in [0.5, 0.6) is 11.5 Å². The van der Waals surface area contributed by atoms with Gasteiger partial charge in [0.2, 0.25) is 5.91 Å². The minimum Gasteiger partial charge on any atom is -0.495 e. The summed E-state index contributed by atoms with van der Waals surface area (Å²) < 4.78 is 51.4. The van der Waals surface area contributed by atoms with Crippen LogP contribution >= 0.6 is 43.6 Å². The third-order valence-corrected chi connectivity index (χ3v) is 7.61. The van der Waals surface area contributed by atoms with E-state index < -0.39 is 35.3 Å². The van der Waals surface area contributed by atoms with E-state index in [9.17, 15) is 27.6 Å². The average Bonchev–Trinajstić information content (AvgIpc) is 3.15. The Labute approximate surface area is 248 Å². The van der Waals surface area contributed by atoms with E-state index in [0.29, 0.717) is 49.6 Å². The summed E-state index contributed by atoms with van der Waals surface area (Å²) in [7, 11) is 1.23. The molecule has 1 aliphatic rings. The number of amides is 3. The number of nitrogens with zero attached hydrogens (tertiary/aromatic N) is 1. The summed E-state index contributed by atoms with van der Waals surface area (Å²) >= 11 is 7.58. The van der Waals surface area contributed by atoms with E-state index in [1.165, 1.54) is 13.2 Å². The van der Waals surface area contributed by atoms with Crippen molar-refractivity contribution in [3.63, 3.8) is 0 Å². The molecule has 0 bridgehead atoms. The van der Waals surface area contributed by atoms with Gasteiger partial charge >= 0.3 is 6.18 Å². The van der Waals surface area contributed by atoms with Crippen molar-refractivity contribution in [1.82, 2.24) is 4.90 Å². The molecule has 3 aromatic rings. The Morgan fingerprint density at radius 1 is 1.05 bits per heavy atom. The van der Waals surface area contributed by atoms with Gasteiger partial charge in [-0.1, -0.05) is 30.3 Å². The Kier molecular flexibility index (Phi) is 9.26. The summed E-state index contributed by atoms with van der Waals surface area (Å²) in [5, 5.41) is 1.59. The highest BCUT2D eigenvalue weighted by Crippen LogP contribution is 2.39. The highest BCUT2D eigenvalue weighted by molar-refractivity contribution is 9.11. The molecule has 0 unspecified atom stereocenters. The Hall–Kier alpha value is -3.29. The van der Waals surface area contributed by atoms with Gasteiger partial charge in [0.15, 0.2) is 0 Å². The van der Waals surface area contributed by atoms with Gasteiger partial charge in [-0.15, -0.1) is 0 Å². The average molecular weight is 700 g/mol. The van der Waals surface area contributed by atoms with Crippen LogP contribution in [0.4, 0.5) is 23.7 Å². The zero-order valence-corrected chi connectivity index (χ0v) is 24.5. The van der Waals surface area contributed by atoms with Crippen molar-refractivity contribution >= 4 is 72.4 Å². The largest absolute Gasteiger partial charge is 0.495 e. The molecule has 3 aromatic carbocycles. The van der Waals surface area contributed by atoms with Gasteiger partial charge < -0.3 is 14.8 Å². The third-order valence-electron chi connectivity index (χ3n) is 5.52. The summed E-state index contributed by atoms with van der Waals surface area (Å²) in [6.07, 6.45) is -3.14. The number of hydrogen-bond donors (Lipinski definition) is 1. The highest BCUT2D eigenvalue weighted by atomic mass is 79.9. The third kappa shape index (κ3) is 7.07. The molecule has 0 saturated carbocycles. The number of alkyl halides is 3. The van der Waals surface area contributed by atoms with Crippen molar-refractivity contribution in [2.75, 3.05) is 19.0 Å². The van der Waals surface area contributed by atoms with E-state index >= 15 is 0 Å². The second kappa shape index (κ2) is 12.5. The first kappa shape index (κ1) is 29.7. The Bertz CT molecular complexity index is 1480. The van der Waals surface area contributed by atoms with Crippen LogP contribution in [0.25, 0.3) is 6.08 Å². The van der Waals surface area contributed by atoms with Gasteiger partial charge in [-0.2, -0.15) is 13.2 Å². The molecule has 0 aliphatic carbocycles. The maximum absolute atomic E-state index is 13.1. The van der Waals surface area contributed by atoms with Crippen molar-refractivity contribution in [1.29, 1.82) is 0 Å². The Morgan fingerprint density at radius 2 is 1.73 bits per heavy atom.